The van der Waals surface area contributed by atoms with Crippen molar-refractivity contribution in [1.82, 2.24) is 9.55 Å². The van der Waals surface area contributed by atoms with Gasteiger partial charge in [0.05, 0.1) is 6.61 Å². The van der Waals surface area contributed by atoms with Gasteiger partial charge in [-0.25, -0.2) is 4.79 Å². The minimum Gasteiger partial charge on any atom is -0.414 e. The molecule has 1 amide bonds. The van der Waals surface area contributed by atoms with Gasteiger partial charge in [0.2, 0.25) is 0 Å². The van der Waals surface area contributed by atoms with Crippen LogP contribution in [0.3, 0.4) is 0 Å². The monoisotopic (exact) mass is 589 g/mol. The Kier molecular flexibility index (Phi) is 9.20. The molecule has 2 unspecified atom stereocenters. The zero-order valence-corrected chi connectivity index (χ0v) is 26.7. The van der Waals surface area contributed by atoms with Crippen LogP contribution in [0.25, 0.3) is 0 Å². The molecule has 2 fully saturated rings. The second-order valence-corrected chi connectivity index (χ2v) is 20.8. The van der Waals surface area contributed by atoms with Gasteiger partial charge in [0.25, 0.3) is 5.91 Å². The summed E-state index contributed by atoms with van der Waals surface area (Å²) in [4.78, 5) is 29.6. The Bertz CT molecular complexity index is 1220. The average molecular weight is 590 g/mol. The van der Waals surface area contributed by atoms with Crippen LogP contribution in [0.15, 0.2) is 47.4 Å². The van der Waals surface area contributed by atoms with Crippen molar-refractivity contribution < 1.29 is 27.6 Å². The highest BCUT2D eigenvalue weighted by Crippen LogP contribution is 2.48. The molecule has 0 bridgehead atoms. The van der Waals surface area contributed by atoms with Gasteiger partial charge in [0.15, 0.2) is 6.23 Å². The van der Waals surface area contributed by atoms with Crippen LogP contribution in [0, 0.1) is 0 Å². The lowest BCUT2D eigenvalue weighted by atomic mass is 10.1. The van der Waals surface area contributed by atoms with E-state index in [1.807, 2.05) is 6.07 Å². The van der Waals surface area contributed by atoms with Gasteiger partial charge in [0, 0.05) is 11.8 Å². The van der Waals surface area contributed by atoms with Crippen molar-refractivity contribution in [3.63, 3.8) is 0 Å². The first-order chi connectivity index (χ1) is 18.8. The predicted octanol–water partition coefficient (Wildman–Crippen LogP) is 4.71. The second kappa shape index (κ2) is 12.0. The van der Waals surface area contributed by atoms with Crippen molar-refractivity contribution in [3.05, 3.63) is 58.6 Å². The molecule has 0 aliphatic carbocycles. The molecule has 0 saturated carbocycles. The Morgan fingerprint density at radius 3 is 2.12 bits per heavy atom. The van der Waals surface area contributed by atoms with Gasteiger partial charge in [-0.15, -0.1) is 0 Å². The Labute approximate surface area is 238 Å². The molecule has 2 aromatic rings. The highest BCUT2D eigenvalue weighted by molar-refractivity contribution is 6.84. The molecule has 2 aliphatic rings. The molecule has 1 aromatic carbocycles. The van der Waals surface area contributed by atoms with Crippen LogP contribution in [-0.2, 0) is 17.7 Å². The first-order valence-electron chi connectivity index (χ1n) is 14.1. The van der Waals surface area contributed by atoms with E-state index in [4.69, 9.17) is 17.7 Å². The van der Waals surface area contributed by atoms with E-state index in [9.17, 15) is 14.7 Å². The maximum Gasteiger partial charge on any atom is 0.351 e. The van der Waals surface area contributed by atoms with Crippen LogP contribution in [0.1, 0.15) is 72.0 Å². The number of benzene rings is 1. The quantitative estimate of drug-likeness (QED) is 0.446. The second-order valence-electron chi connectivity index (χ2n) is 11.9. The number of nitrogens with one attached hydrogen (secondary N) is 1. The SMILES string of the molecule is CC(C)[Si]1(C(C)C)OC[C@H]2OC(n3ccc(NC(=O)c4ccccc4)nc3=O)C(O)[C@H]2O[Si](C(C)C)(C(C)C)O1. The van der Waals surface area contributed by atoms with E-state index in [1.165, 1.54) is 16.8 Å². The fraction of sp³-hybridized carbons (Fsp3) is 0.607. The van der Waals surface area contributed by atoms with Gasteiger partial charge in [0.1, 0.15) is 24.1 Å². The minimum absolute atomic E-state index is 0.0855. The number of hydrogen-bond donors (Lipinski definition) is 2. The molecular weight excluding hydrogens is 546 g/mol. The maximum atomic E-state index is 13.1. The minimum atomic E-state index is -2.97. The average Bonchev–Trinajstić information content (AvgIpc) is 3.18. The number of aliphatic hydroxyl groups excluding tert-OH is 1. The van der Waals surface area contributed by atoms with Crippen molar-refractivity contribution in [3.8, 4) is 0 Å². The van der Waals surface area contributed by atoms with E-state index in [1.54, 1.807) is 24.3 Å². The number of hydrogen-bond acceptors (Lipinski definition) is 8. The van der Waals surface area contributed by atoms with Crippen molar-refractivity contribution in [2.24, 2.45) is 0 Å². The molecule has 0 radical (unpaired) electrons. The third-order valence-electron chi connectivity index (χ3n) is 8.02. The third kappa shape index (κ3) is 5.63. The van der Waals surface area contributed by atoms with Crippen molar-refractivity contribution in [1.29, 1.82) is 0 Å². The highest BCUT2D eigenvalue weighted by atomic mass is 28.5. The molecule has 40 heavy (non-hydrogen) atoms. The number of aromatic nitrogens is 2. The first-order valence-corrected chi connectivity index (χ1v) is 18.1. The van der Waals surface area contributed by atoms with E-state index in [2.05, 4.69) is 65.7 Å². The van der Waals surface area contributed by atoms with E-state index >= 15 is 0 Å². The molecule has 3 heterocycles. The molecular formula is C28H43N3O7Si2. The Hall–Kier alpha value is -2.20. The number of fused-ring (bicyclic) bond motifs is 1. The molecule has 10 nitrogen and oxygen atoms in total. The summed E-state index contributed by atoms with van der Waals surface area (Å²) in [5.41, 5.74) is 0.300. The smallest absolute Gasteiger partial charge is 0.351 e. The first kappa shape index (κ1) is 30.8. The van der Waals surface area contributed by atoms with Gasteiger partial charge >= 0.3 is 22.8 Å². The fourth-order valence-electron chi connectivity index (χ4n) is 5.82. The lowest BCUT2D eigenvalue weighted by Gasteiger charge is -2.51. The van der Waals surface area contributed by atoms with Crippen molar-refractivity contribution in [2.45, 2.75) is 102 Å². The summed E-state index contributed by atoms with van der Waals surface area (Å²) >= 11 is 0. The largest absolute Gasteiger partial charge is 0.414 e. The summed E-state index contributed by atoms with van der Waals surface area (Å²) in [5, 5.41) is 14.1. The molecule has 4 rings (SSSR count). The summed E-state index contributed by atoms with van der Waals surface area (Å²) in [6.45, 7) is 17.2. The van der Waals surface area contributed by atoms with E-state index in [0.29, 0.717) is 5.56 Å². The predicted molar refractivity (Wildman–Crippen MR) is 157 cm³/mol. The number of rotatable bonds is 7. The van der Waals surface area contributed by atoms with Crippen LogP contribution in [0.5, 0.6) is 0 Å². The summed E-state index contributed by atoms with van der Waals surface area (Å²) in [6.07, 6.45) is -2.05. The van der Waals surface area contributed by atoms with Gasteiger partial charge in [-0.05, 0) is 40.4 Å². The number of ether oxygens (including phenoxy) is 1. The molecule has 0 spiro atoms. The topological polar surface area (TPSA) is 121 Å². The summed E-state index contributed by atoms with van der Waals surface area (Å²) in [7, 11) is -5.74. The van der Waals surface area contributed by atoms with Crippen LogP contribution in [0.2, 0.25) is 22.2 Å². The third-order valence-corrected chi connectivity index (χ3v) is 18.3. The lowest BCUT2D eigenvalue weighted by molar-refractivity contribution is -0.0600. The standard InChI is InChI=1S/C28H43N3O7Si2/c1-17(2)39(18(3)4)35-16-22-25(37-40(38-39,19(5)6)20(7)8)24(32)27(36-22)31-15-14-23(30-28(31)34)29-26(33)21-12-10-9-11-13-21/h9-15,17-20,22,24-25,27,32H,16H2,1-8H3,(H,29,30,33,34)/t22-,24?,25+,27?/m1/s1. The lowest BCUT2D eigenvalue weighted by Crippen LogP contribution is -2.65. The van der Waals surface area contributed by atoms with Gasteiger partial charge in [-0.3, -0.25) is 9.36 Å². The van der Waals surface area contributed by atoms with E-state index in [0.717, 1.165) is 0 Å². The molecule has 2 N–H and O–H groups in total. The van der Waals surface area contributed by atoms with Gasteiger partial charge < -0.3 is 28.1 Å². The van der Waals surface area contributed by atoms with Crippen LogP contribution < -0.4 is 11.0 Å². The summed E-state index contributed by atoms with van der Waals surface area (Å²) in [5.74, 6) is -0.268. The Morgan fingerprint density at radius 2 is 1.57 bits per heavy atom. The normalized spacial score (nSPS) is 26.1. The summed E-state index contributed by atoms with van der Waals surface area (Å²) in [6, 6.07) is 10.2. The number of nitrogens with zero attached hydrogens (tertiary/aromatic N) is 2. The molecule has 220 valence electrons. The Balaban J connectivity index is 1.64. The number of amides is 1. The number of carbonyl (C=O) groups excluding carboxylic acids is 1. The van der Waals surface area contributed by atoms with Crippen LogP contribution in [-0.4, -0.2) is 62.6 Å². The maximum absolute atomic E-state index is 13.1. The van der Waals surface area contributed by atoms with Gasteiger partial charge in [-0.2, -0.15) is 4.98 Å². The van der Waals surface area contributed by atoms with Gasteiger partial charge in [-0.1, -0.05) is 73.6 Å². The zero-order chi connectivity index (χ0) is 29.4. The molecule has 12 heteroatoms. The van der Waals surface area contributed by atoms with Crippen molar-refractivity contribution >= 4 is 28.8 Å². The highest BCUT2D eigenvalue weighted by Gasteiger charge is 2.61. The zero-order valence-electron chi connectivity index (χ0n) is 24.7. The van der Waals surface area contributed by atoms with E-state index < -0.39 is 47.4 Å². The molecule has 2 aliphatic heterocycles. The molecule has 1 aromatic heterocycles. The Morgan fingerprint density at radius 1 is 0.975 bits per heavy atom. The number of carbonyl (C=O) groups is 1. The van der Waals surface area contributed by atoms with Crippen LogP contribution >= 0.6 is 0 Å². The summed E-state index contributed by atoms with van der Waals surface area (Å²) < 4.78 is 28.3. The number of aliphatic hydroxyl groups is 1. The number of anilines is 1. The van der Waals surface area contributed by atoms with E-state index in [-0.39, 0.29) is 40.5 Å². The van der Waals surface area contributed by atoms with Crippen molar-refractivity contribution in [2.75, 3.05) is 11.9 Å². The molecule has 4 atom stereocenters. The fourth-order valence-corrected chi connectivity index (χ4v) is 17.0. The molecule has 2 saturated heterocycles. The van der Waals surface area contributed by atoms with Crippen LogP contribution in [0.4, 0.5) is 5.82 Å².